The Morgan fingerprint density at radius 3 is 2.16 bits per heavy atom. The molecule has 6 heteroatoms. The van der Waals surface area contributed by atoms with Gasteiger partial charge in [-0.1, -0.05) is 103 Å². The third-order valence-electron chi connectivity index (χ3n) is 8.87. The number of hydrogen-bond acceptors (Lipinski definition) is 4. The third-order valence-corrected chi connectivity index (χ3v) is 10.1. The van der Waals surface area contributed by atoms with Gasteiger partial charge in [0.25, 0.3) is 0 Å². The van der Waals surface area contributed by atoms with Crippen molar-refractivity contribution in [3.8, 4) is 11.1 Å². The molecular weight excluding hydrogens is 571 g/mol. The van der Waals surface area contributed by atoms with E-state index in [0.29, 0.717) is 12.4 Å². The van der Waals surface area contributed by atoms with Crippen molar-refractivity contribution in [2.45, 2.75) is 45.4 Å². The molecule has 45 heavy (non-hydrogen) atoms. The van der Waals surface area contributed by atoms with Crippen LogP contribution in [0.2, 0.25) is 0 Å². The van der Waals surface area contributed by atoms with Gasteiger partial charge in [0.05, 0.1) is 17.7 Å². The first-order valence-electron chi connectivity index (χ1n) is 15.4. The quantitative estimate of drug-likeness (QED) is 0.108. The van der Waals surface area contributed by atoms with Crippen LogP contribution in [0.1, 0.15) is 44.4 Å². The molecule has 222 valence electrons. The van der Waals surface area contributed by atoms with E-state index in [-0.39, 0.29) is 11.2 Å². The van der Waals surface area contributed by atoms with E-state index in [2.05, 4.69) is 125 Å². The van der Waals surface area contributed by atoms with Crippen LogP contribution in [0.25, 0.3) is 31.3 Å². The number of thiophene rings is 1. The van der Waals surface area contributed by atoms with Gasteiger partial charge in [-0.15, -0.1) is 11.3 Å². The fourth-order valence-corrected chi connectivity index (χ4v) is 6.85. The second-order valence-electron chi connectivity index (χ2n) is 12.5. The third kappa shape index (κ3) is 5.89. The van der Waals surface area contributed by atoms with Crippen LogP contribution in [0.15, 0.2) is 131 Å². The van der Waals surface area contributed by atoms with E-state index < -0.39 is 7.12 Å². The first-order chi connectivity index (χ1) is 21.8. The van der Waals surface area contributed by atoms with Gasteiger partial charge in [0, 0.05) is 32.0 Å². The molecule has 1 aliphatic heterocycles. The van der Waals surface area contributed by atoms with Crippen molar-refractivity contribution < 1.29 is 9.31 Å². The Kier molecular flexibility index (Phi) is 7.74. The molecule has 1 saturated heterocycles. The van der Waals surface area contributed by atoms with Crippen molar-refractivity contribution in [3.63, 3.8) is 0 Å². The highest BCUT2D eigenvalue weighted by Crippen LogP contribution is 2.39. The Balaban J connectivity index is 1.20. The second-order valence-corrected chi connectivity index (χ2v) is 13.6. The zero-order chi connectivity index (χ0) is 31.0. The van der Waals surface area contributed by atoms with Crippen molar-refractivity contribution >= 4 is 56.1 Å². The lowest BCUT2D eigenvalue weighted by Gasteiger charge is -2.32. The lowest BCUT2D eigenvalue weighted by Crippen LogP contribution is -2.41. The van der Waals surface area contributed by atoms with Gasteiger partial charge in [-0.3, -0.25) is 4.99 Å². The van der Waals surface area contributed by atoms with E-state index in [4.69, 9.17) is 19.3 Å². The topological polar surface area (TPSA) is 43.2 Å². The highest BCUT2D eigenvalue weighted by molar-refractivity contribution is 7.27. The number of nitrogens with zero attached hydrogens (tertiary/aromatic N) is 2. The van der Waals surface area contributed by atoms with E-state index in [1.165, 1.54) is 31.3 Å². The molecule has 0 N–H and O–H groups in total. The Labute approximate surface area is 269 Å². The zero-order valence-electron chi connectivity index (χ0n) is 26.0. The SMILES string of the molecule is CC1(C)OB(c2cccc3c2sc2ccc(C=NC(=NCc4cccc(-c5ccccc5)c4)c4ccccc4)cc23)OC1(C)C. The summed E-state index contributed by atoms with van der Waals surface area (Å²) in [5.41, 5.74) is 5.85. The molecular formula is C39H35BN2O2S. The lowest BCUT2D eigenvalue weighted by molar-refractivity contribution is 0.00578. The summed E-state index contributed by atoms with van der Waals surface area (Å²) in [5, 5.41) is 2.40. The number of amidine groups is 1. The summed E-state index contributed by atoms with van der Waals surface area (Å²) in [6.07, 6.45) is 1.92. The molecule has 4 nitrogen and oxygen atoms in total. The van der Waals surface area contributed by atoms with Crippen LogP contribution < -0.4 is 5.46 Å². The molecule has 5 aromatic carbocycles. The Morgan fingerprint density at radius 2 is 1.40 bits per heavy atom. The highest BCUT2D eigenvalue weighted by atomic mass is 32.1. The van der Waals surface area contributed by atoms with Crippen molar-refractivity contribution in [3.05, 3.63) is 138 Å². The summed E-state index contributed by atoms with van der Waals surface area (Å²) in [5.74, 6) is 0.707. The summed E-state index contributed by atoms with van der Waals surface area (Å²) in [6.45, 7) is 8.92. The second kappa shape index (κ2) is 11.9. The fourth-order valence-electron chi connectivity index (χ4n) is 5.65. The van der Waals surface area contributed by atoms with Gasteiger partial charge >= 0.3 is 7.12 Å². The Bertz CT molecular complexity index is 2030. The molecule has 0 atom stereocenters. The zero-order valence-corrected chi connectivity index (χ0v) is 26.8. The predicted octanol–water partition coefficient (Wildman–Crippen LogP) is 9.09. The van der Waals surface area contributed by atoms with E-state index >= 15 is 0 Å². The van der Waals surface area contributed by atoms with E-state index in [0.717, 1.165) is 22.2 Å². The molecule has 0 aliphatic carbocycles. The minimum absolute atomic E-state index is 0.386. The van der Waals surface area contributed by atoms with E-state index in [1.54, 1.807) is 11.3 Å². The molecule has 6 aromatic rings. The summed E-state index contributed by atoms with van der Waals surface area (Å²) >= 11 is 1.78. The Morgan fingerprint density at radius 1 is 0.711 bits per heavy atom. The molecule has 2 heterocycles. The van der Waals surface area contributed by atoms with E-state index in [9.17, 15) is 0 Å². The van der Waals surface area contributed by atoms with Gasteiger partial charge in [-0.05, 0) is 73.5 Å². The Hall–Kier alpha value is -4.36. The minimum Gasteiger partial charge on any atom is -0.399 e. The van der Waals surface area contributed by atoms with Gasteiger partial charge < -0.3 is 9.31 Å². The molecule has 1 aliphatic rings. The maximum Gasteiger partial charge on any atom is 0.496 e. The van der Waals surface area contributed by atoms with Gasteiger partial charge in [-0.2, -0.15) is 0 Å². The molecule has 0 saturated carbocycles. The first-order valence-corrected chi connectivity index (χ1v) is 16.2. The van der Waals surface area contributed by atoms with Gasteiger partial charge in [0.2, 0.25) is 0 Å². The molecule has 1 fully saturated rings. The van der Waals surface area contributed by atoms with E-state index in [1.807, 2.05) is 30.5 Å². The van der Waals surface area contributed by atoms with Crippen LogP contribution in [0.4, 0.5) is 0 Å². The molecule has 7 rings (SSSR count). The highest BCUT2D eigenvalue weighted by Gasteiger charge is 2.52. The summed E-state index contributed by atoms with van der Waals surface area (Å²) in [6, 6.07) is 42.1. The van der Waals surface area contributed by atoms with Gasteiger partial charge in [0.1, 0.15) is 0 Å². The first kappa shape index (κ1) is 29.4. The van der Waals surface area contributed by atoms with Crippen molar-refractivity contribution in [2.75, 3.05) is 0 Å². The molecule has 1 aromatic heterocycles. The van der Waals surface area contributed by atoms with Gasteiger partial charge in [0.15, 0.2) is 5.84 Å². The van der Waals surface area contributed by atoms with Crippen LogP contribution in [0.3, 0.4) is 0 Å². The smallest absolute Gasteiger partial charge is 0.399 e. The number of benzene rings is 5. The predicted molar refractivity (Wildman–Crippen MR) is 191 cm³/mol. The average molecular weight is 607 g/mol. The average Bonchev–Trinajstić information content (AvgIpc) is 3.53. The summed E-state index contributed by atoms with van der Waals surface area (Å²) in [4.78, 5) is 9.92. The summed E-state index contributed by atoms with van der Waals surface area (Å²) < 4.78 is 15.3. The minimum atomic E-state index is -0.397. The van der Waals surface area contributed by atoms with Crippen molar-refractivity contribution in [2.24, 2.45) is 9.98 Å². The molecule has 0 bridgehead atoms. The normalized spacial score (nSPS) is 16.3. The molecule has 0 unspecified atom stereocenters. The van der Waals surface area contributed by atoms with Crippen LogP contribution in [-0.4, -0.2) is 30.4 Å². The van der Waals surface area contributed by atoms with Crippen molar-refractivity contribution in [1.29, 1.82) is 0 Å². The molecule has 0 amide bonds. The van der Waals surface area contributed by atoms with Crippen LogP contribution in [-0.2, 0) is 15.9 Å². The number of rotatable bonds is 6. The fraction of sp³-hybridized carbons (Fsp3) is 0.179. The largest absolute Gasteiger partial charge is 0.496 e. The lowest BCUT2D eigenvalue weighted by atomic mass is 9.78. The maximum absolute atomic E-state index is 6.42. The van der Waals surface area contributed by atoms with Gasteiger partial charge in [-0.25, -0.2) is 4.99 Å². The molecule has 0 radical (unpaired) electrons. The van der Waals surface area contributed by atoms with Crippen LogP contribution in [0, 0.1) is 0 Å². The number of aliphatic imine (C=N–C) groups is 2. The standard InChI is InChI=1S/C39H35BN2O2S/c1-38(2)39(3,4)44-40(43-38)34-20-12-19-32-33-24-28(21-22-35(33)45-36(32)34)26-42-37(30-16-9-6-10-17-30)41-25-27-13-11-18-31(23-27)29-14-7-5-8-15-29/h5-24,26H,25H2,1-4H3. The van der Waals surface area contributed by atoms with Crippen molar-refractivity contribution in [1.82, 2.24) is 0 Å². The summed E-state index contributed by atoms with van der Waals surface area (Å²) in [7, 11) is -0.397. The van der Waals surface area contributed by atoms with Crippen LogP contribution in [0.5, 0.6) is 0 Å². The number of fused-ring (bicyclic) bond motifs is 3. The maximum atomic E-state index is 6.42. The number of hydrogen-bond donors (Lipinski definition) is 0. The molecule has 0 spiro atoms. The van der Waals surface area contributed by atoms with Crippen LogP contribution >= 0.6 is 11.3 Å². The monoisotopic (exact) mass is 606 g/mol.